The highest BCUT2D eigenvalue weighted by Crippen LogP contribution is 2.06. The maximum Gasteiger partial charge on any atom is 0.346 e. The van der Waals surface area contributed by atoms with E-state index in [1.165, 1.54) is 11.5 Å². The van der Waals surface area contributed by atoms with Gasteiger partial charge in [-0.2, -0.15) is 9.78 Å². The third kappa shape index (κ3) is 1.54. The first-order valence-electron chi connectivity index (χ1n) is 4.60. The van der Waals surface area contributed by atoms with Crippen LogP contribution in [-0.2, 0) is 22.7 Å². The molecule has 0 aliphatic carbocycles. The molecule has 7 heteroatoms. The van der Waals surface area contributed by atoms with Crippen LogP contribution >= 0.6 is 0 Å². The summed E-state index contributed by atoms with van der Waals surface area (Å²) in [7, 11) is 0. The van der Waals surface area contributed by atoms with Crippen molar-refractivity contribution in [3.8, 4) is 0 Å². The van der Waals surface area contributed by atoms with E-state index in [9.17, 15) is 9.59 Å². The fourth-order valence-corrected chi connectivity index (χ4v) is 1.46. The van der Waals surface area contributed by atoms with E-state index in [2.05, 4.69) is 5.10 Å². The first kappa shape index (κ1) is 9.91. The molecule has 1 aromatic heterocycles. The lowest BCUT2D eigenvalue weighted by atomic mass is 10.4. The van der Waals surface area contributed by atoms with Crippen molar-refractivity contribution >= 4 is 5.97 Å². The average Bonchev–Trinajstić information content (AvgIpc) is 2.56. The van der Waals surface area contributed by atoms with Crippen LogP contribution in [0.3, 0.4) is 0 Å². The Hall–Kier alpha value is -1.63. The summed E-state index contributed by atoms with van der Waals surface area (Å²) in [6.45, 7) is 2.57. The maximum atomic E-state index is 11.7. The minimum absolute atomic E-state index is 0.259. The van der Waals surface area contributed by atoms with E-state index in [0.717, 1.165) is 4.68 Å². The molecule has 1 aliphatic heterocycles. The molecule has 1 atom stereocenters. The molecule has 1 aliphatic rings. The van der Waals surface area contributed by atoms with Crippen LogP contribution in [0.15, 0.2) is 4.79 Å². The van der Waals surface area contributed by atoms with Crippen LogP contribution in [0.2, 0.25) is 0 Å². The highest BCUT2D eigenvalue weighted by molar-refractivity contribution is 5.71. The SMILES string of the molecule is CC(C(=O)O)n1nc2n(c1=O)CCOC2. The van der Waals surface area contributed by atoms with Crippen molar-refractivity contribution in [3.05, 3.63) is 16.3 Å². The Balaban J connectivity index is 2.46. The zero-order chi connectivity index (χ0) is 11.0. The van der Waals surface area contributed by atoms with Gasteiger partial charge in [-0.25, -0.2) is 9.59 Å². The van der Waals surface area contributed by atoms with Gasteiger partial charge in [-0.3, -0.25) is 4.57 Å². The Bertz CT molecular complexity index is 447. The third-order valence-corrected chi connectivity index (χ3v) is 2.38. The van der Waals surface area contributed by atoms with Gasteiger partial charge in [0.2, 0.25) is 0 Å². The molecule has 1 N–H and O–H groups in total. The predicted molar refractivity (Wildman–Crippen MR) is 48.5 cm³/mol. The Kier molecular flexibility index (Phi) is 2.31. The van der Waals surface area contributed by atoms with Gasteiger partial charge in [-0.1, -0.05) is 0 Å². The van der Waals surface area contributed by atoms with Crippen LogP contribution in [0.25, 0.3) is 0 Å². The van der Waals surface area contributed by atoms with Gasteiger partial charge in [-0.15, -0.1) is 0 Å². The smallest absolute Gasteiger partial charge is 0.346 e. The lowest BCUT2D eigenvalue weighted by Crippen LogP contribution is -2.32. The fraction of sp³-hybridized carbons (Fsp3) is 0.625. The molecular weight excluding hydrogens is 202 g/mol. The number of carbonyl (C=O) groups is 1. The van der Waals surface area contributed by atoms with Crippen molar-refractivity contribution in [2.24, 2.45) is 0 Å². The van der Waals surface area contributed by atoms with Crippen molar-refractivity contribution in [1.29, 1.82) is 0 Å². The zero-order valence-electron chi connectivity index (χ0n) is 8.21. The quantitative estimate of drug-likeness (QED) is 0.696. The molecule has 82 valence electrons. The van der Waals surface area contributed by atoms with E-state index in [1.807, 2.05) is 0 Å². The highest BCUT2D eigenvalue weighted by atomic mass is 16.5. The van der Waals surface area contributed by atoms with Crippen molar-refractivity contribution in [2.75, 3.05) is 6.61 Å². The molecule has 2 rings (SSSR count). The molecule has 0 amide bonds. The Morgan fingerprint density at radius 1 is 1.67 bits per heavy atom. The van der Waals surface area contributed by atoms with Gasteiger partial charge in [0.15, 0.2) is 11.9 Å². The Morgan fingerprint density at radius 2 is 2.40 bits per heavy atom. The lowest BCUT2D eigenvalue weighted by molar-refractivity contribution is -0.140. The van der Waals surface area contributed by atoms with E-state index in [-0.39, 0.29) is 12.3 Å². The van der Waals surface area contributed by atoms with Crippen molar-refractivity contribution < 1.29 is 14.6 Å². The summed E-state index contributed by atoms with van der Waals surface area (Å²) in [5, 5.41) is 12.7. The largest absolute Gasteiger partial charge is 0.480 e. The number of nitrogens with zero attached hydrogens (tertiary/aromatic N) is 3. The van der Waals surface area contributed by atoms with E-state index in [0.29, 0.717) is 19.0 Å². The zero-order valence-corrected chi connectivity index (χ0v) is 8.21. The number of rotatable bonds is 2. The number of ether oxygens (including phenoxy) is 1. The molecule has 0 radical (unpaired) electrons. The summed E-state index contributed by atoms with van der Waals surface area (Å²) >= 11 is 0. The molecular formula is C8H11N3O4. The van der Waals surface area contributed by atoms with Gasteiger partial charge in [0.25, 0.3) is 0 Å². The van der Waals surface area contributed by atoms with Crippen LogP contribution in [0.1, 0.15) is 18.8 Å². The number of fused-ring (bicyclic) bond motifs is 1. The Morgan fingerprint density at radius 3 is 3.00 bits per heavy atom. The number of hydrogen-bond acceptors (Lipinski definition) is 4. The van der Waals surface area contributed by atoms with Crippen molar-refractivity contribution in [3.63, 3.8) is 0 Å². The van der Waals surface area contributed by atoms with Crippen LogP contribution in [0.4, 0.5) is 0 Å². The molecule has 7 nitrogen and oxygen atoms in total. The number of carboxylic acids is 1. The minimum atomic E-state index is -1.08. The van der Waals surface area contributed by atoms with Gasteiger partial charge in [0.1, 0.15) is 6.61 Å². The second-order valence-corrected chi connectivity index (χ2v) is 3.36. The summed E-state index contributed by atoms with van der Waals surface area (Å²) < 4.78 is 7.55. The van der Waals surface area contributed by atoms with Crippen LogP contribution in [0.5, 0.6) is 0 Å². The molecule has 2 heterocycles. The third-order valence-electron chi connectivity index (χ3n) is 2.38. The monoisotopic (exact) mass is 213 g/mol. The molecule has 0 aromatic carbocycles. The molecule has 0 bridgehead atoms. The van der Waals surface area contributed by atoms with Crippen LogP contribution in [-0.4, -0.2) is 32.0 Å². The topological polar surface area (TPSA) is 86.4 Å². The van der Waals surface area contributed by atoms with Crippen molar-refractivity contribution in [1.82, 2.24) is 14.3 Å². The van der Waals surface area contributed by atoms with Gasteiger partial charge in [0.05, 0.1) is 13.2 Å². The second-order valence-electron chi connectivity index (χ2n) is 3.36. The second kappa shape index (κ2) is 3.50. The van der Waals surface area contributed by atoms with Crippen LogP contribution < -0.4 is 5.69 Å². The van der Waals surface area contributed by atoms with Gasteiger partial charge in [-0.05, 0) is 6.92 Å². The van der Waals surface area contributed by atoms with Crippen LogP contribution in [0, 0.1) is 0 Å². The minimum Gasteiger partial charge on any atom is -0.480 e. The normalized spacial score (nSPS) is 17.1. The average molecular weight is 213 g/mol. The summed E-state index contributed by atoms with van der Waals surface area (Å²) in [6.07, 6.45) is 0. The van der Waals surface area contributed by atoms with Gasteiger partial charge >= 0.3 is 11.7 Å². The number of aliphatic carboxylic acids is 1. The molecule has 0 saturated heterocycles. The first-order valence-corrected chi connectivity index (χ1v) is 4.60. The number of hydrogen-bond donors (Lipinski definition) is 1. The molecule has 1 aromatic rings. The summed E-state index contributed by atoms with van der Waals surface area (Å²) in [4.78, 5) is 22.4. The standard InChI is InChI=1S/C8H11N3O4/c1-5(7(12)13)11-8(14)10-2-3-15-4-6(10)9-11/h5H,2-4H2,1H3,(H,12,13). The Labute approximate surface area is 84.9 Å². The maximum absolute atomic E-state index is 11.7. The molecule has 15 heavy (non-hydrogen) atoms. The van der Waals surface area contributed by atoms with E-state index < -0.39 is 12.0 Å². The summed E-state index contributed by atoms with van der Waals surface area (Å²) in [5.74, 6) is -0.590. The number of carboxylic acid groups (broad SMARTS) is 1. The fourth-order valence-electron chi connectivity index (χ4n) is 1.46. The van der Waals surface area contributed by atoms with Crippen molar-refractivity contribution in [2.45, 2.75) is 26.1 Å². The van der Waals surface area contributed by atoms with Gasteiger partial charge < -0.3 is 9.84 Å². The summed E-state index contributed by atoms with van der Waals surface area (Å²) in [6, 6.07) is -0.949. The summed E-state index contributed by atoms with van der Waals surface area (Å²) in [5.41, 5.74) is -0.386. The number of aromatic nitrogens is 3. The molecule has 1 unspecified atom stereocenters. The predicted octanol–water partition coefficient (Wildman–Crippen LogP) is -0.779. The lowest BCUT2D eigenvalue weighted by Gasteiger charge is -2.11. The van der Waals surface area contributed by atoms with E-state index >= 15 is 0 Å². The highest BCUT2D eigenvalue weighted by Gasteiger charge is 2.23. The molecule has 0 saturated carbocycles. The van der Waals surface area contributed by atoms with E-state index in [1.54, 1.807) is 0 Å². The van der Waals surface area contributed by atoms with Gasteiger partial charge in [0, 0.05) is 0 Å². The van der Waals surface area contributed by atoms with E-state index in [4.69, 9.17) is 9.84 Å². The molecule has 0 fully saturated rings. The molecule has 0 spiro atoms. The first-order chi connectivity index (χ1) is 7.11.